The molecule has 146 valence electrons. The monoisotopic (exact) mass is 371 g/mol. The third-order valence-corrected chi connectivity index (χ3v) is 4.22. The number of benzene rings is 2. The van der Waals surface area contributed by atoms with Crippen LogP contribution in [0.5, 0.6) is 17.2 Å². The number of rotatable bonds is 9. The van der Waals surface area contributed by atoms with Crippen LogP contribution < -0.4 is 19.5 Å². The van der Waals surface area contributed by atoms with Gasteiger partial charge in [0.05, 0.1) is 13.2 Å². The zero-order valence-electron chi connectivity index (χ0n) is 16.7. The van der Waals surface area contributed by atoms with E-state index in [9.17, 15) is 4.79 Å². The fraction of sp³-hybridized carbons (Fsp3) is 0.409. The summed E-state index contributed by atoms with van der Waals surface area (Å²) >= 11 is 0. The van der Waals surface area contributed by atoms with Crippen LogP contribution >= 0.6 is 0 Å². The van der Waals surface area contributed by atoms with Crippen molar-refractivity contribution in [3.63, 3.8) is 0 Å². The van der Waals surface area contributed by atoms with Crippen LogP contribution in [0.1, 0.15) is 31.4 Å². The number of methoxy groups -OCH3 is 1. The van der Waals surface area contributed by atoms with E-state index in [0.717, 1.165) is 28.4 Å². The van der Waals surface area contributed by atoms with Gasteiger partial charge in [0.2, 0.25) is 0 Å². The van der Waals surface area contributed by atoms with Gasteiger partial charge < -0.3 is 19.5 Å². The molecule has 0 fully saturated rings. The van der Waals surface area contributed by atoms with Gasteiger partial charge in [-0.1, -0.05) is 19.1 Å². The van der Waals surface area contributed by atoms with E-state index in [2.05, 4.69) is 5.32 Å². The second-order valence-corrected chi connectivity index (χ2v) is 6.68. The maximum atomic E-state index is 12.6. The van der Waals surface area contributed by atoms with Crippen molar-refractivity contribution in [3.8, 4) is 17.2 Å². The van der Waals surface area contributed by atoms with Gasteiger partial charge in [-0.05, 0) is 68.7 Å². The topological polar surface area (TPSA) is 56.8 Å². The number of aryl methyl sites for hydroxylation is 2. The molecule has 2 aromatic rings. The van der Waals surface area contributed by atoms with Gasteiger partial charge in [0.1, 0.15) is 23.9 Å². The quantitative estimate of drug-likeness (QED) is 0.722. The SMILES string of the molecule is CC[C@H](Oc1cc(C)ccc1C)C(=O)N[C@H](C)COc1ccc(OC)cc1. The Morgan fingerprint density at radius 3 is 2.37 bits per heavy atom. The predicted octanol–water partition coefficient (Wildman–Crippen LogP) is 4.05. The minimum absolute atomic E-state index is 0.135. The fourth-order valence-electron chi connectivity index (χ4n) is 2.58. The molecule has 1 N–H and O–H groups in total. The van der Waals surface area contributed by atoms with Gasteiger partial charge >= 0.3 is 0 Å². The molecule has 2 aromatic carbocycles. The average molecular weight is 371 g/mol. The molecule has 0 saturated heterocycles. The minimum Gasteiger partial charge on any atom is -0.497 e. The molecule has 0 bridgehead atoms. The first-order valence-electron chi connectivity index (χ1n) is 9.24. The van der Waals surface area contributed by atoms with Crippen molar-refractivity contribution >= 4 is 5.91 Å². The Morgan fingerprint density at radius 2 is 1.74 bits per heavy atom. The van der Waals surface area contributed by atoms with Crippen LogP contribution in [-0.4, -0.2) is 31.8 Å². The molecule has 0 spiro atoms. The molecule has 0 aliphatic heterocycles. The summed E-state index contributed by atoms with van der Waals surface area (Å²) < 4.78 is 16.8. The Bertz CT molecular complexity index is 742. The number of carbonyl (C=O) groups excluding carboxylic acids is 1. The van der Waals surface area contributed by atoms with Gasteiger partial charge in [0.25, 0.3) is 5.91 Å². The van der Waals surface area contributed by atoms with E-state index >= 15 is 0 Å². The second kappa shape index (κ2) is 9.86. The summed E-state index contributed by atoms with van der Waals surface area (Å²) in [6, 6.07) is 13.2. The predicted molar refractivity (Wildman–Crippen MR) is 107 cm³/mol. The Kier molecular flexibility index (Phi) is 7.53. The van der Waals surface area contributed by atoms with Crippen molar-refractivity contribution < 1.29 is 19.0 Å². The van der Waals surface area contributed by atoms with Crippen LogP contribution in [0, 0.1) is 13.8 Å². The van der Waals surface area contributed by atoms with Crippen molar-refractivity contribution in [3.05, 3.63) is 53.6 Å². The first kappa shape index (κ1) is 20.6. The van der Waals surface area contributed by atoms with E-state index in [1.165, 1.54) is 0 Å². The number of nitrogens with one attached hydrogen (secondary N) is 1. The highest BCUT2D eigenvalue weighted by molar-refractivity contribution is 5.81. The molecule has 0 aliphatic rings. The average Bonchev–Trinajstić information content (AvgIpc) is 2.67. The van der Waals surface area contributed by atoms with E-state index in [4.69, 9.17) is 14.2 Å². The maximum absolute atomic E-state index is 12.6. The Labute approximate surface area is 161 Å². The summed E-state index contributed by atoms with van der Waals surface area (Å²) in [6.07, 6.45) is 0.0552. The molecule has 2 atom stereocenters. The lowest BCUT2D eigenvalue weighted by molar-refractivity contribution is -0.129. The molecule has 2 rings (SSSR count). The number of carbonyl (C=O) groups is 1. The number of hydrogen-bond donors (Lipinski definition) is 1. The molecule has 5 heteroatoms. The molecule has 0 aliphatic carbocycles. The normalized spacial score (nSPS) is 12.8. The van der Waals surface area contributed by atoms with Crippen molar-refractivity contribution in [1.29, 1.82) is 0 Å². The van der Waals surface area contributed by atoms with Gasteiger partial charge in [-0.25, -0.2) is 0 Å². The maximum Gasteiger partial charge on any atom is 0.261 e. The molecule has 5 nitrogen and oxygen atoms in total. The Morgan fingerprint density at radius 1 is 1.07 bits per heavy atom. The molecule has 27 heavy (non-hydrogen) atoms. The largest absolute Gasteiger partial charge is 0.497 e. The van der Waals surface area contributed by atoms with Crippen LogP contribution in [-0.2, 0) is 4.79 Å². The zero-order valence-corrected chi connectivity index (χ0v) is 16.7. The van der Waals surface area contributed by atoms with Gasteiger partial charge in [0.15, 0.2) is 6.10 Å². The van der Waals surface area contributed by atoms with Gasteiger partial charge in [0, 0.05) is 0 Å². The van der Waals surface area contributed by atoms with E-state index in [-0.39, 0.29) is 11.9 Å². The summed E-state index contributed by atoms with van der Waals surface area (Å²) in [4.78, 5) is 12.6. The second-order valence-electron chi connectivity index (χ2n) is 6.68. The number of ether oxygens (including phenoxy) is 3. The van der Waals surface area contributed by atoms with Crippen LogP contribution in [0.4, 0.5) is 0 Å². The summed E-state index contributed by atoms with van der Waals surface area (Å²) in [7, 11) is 1.62. The summed E-state index contributed by atoms with van der Waals surface area (Å²) in [5.41, 5.74) is 2.12. The molecular formula is C22H29NO4. The highest BCUT2D eigenvalue weighted by atomic mass is 16.5. The van der Waals surface area contributed by atoms with Gasteiger partial charge in [-0.15, -0.1) is 0 Å². The summed E-state index contributed by atoms with van der Waals surface area (Å²) in [5, 5.41) is 2.96. The van der Waals surface area contributed by atoms with Gasteiger partial charge in [-0.2, -0.15) is 0 Å². The van der Waals surface area contributed by atoms with Crippen molar-refractivity contribution in [2.45, 2.75) is 46.3 Å². The van der Waals surface area contributed by atoms with E-state index in [1.807, 2.05) is 70.2 Å². The molecule has 0 saturated carbocycles. The Hall–Kier alpha value is -2.69. The zero-order chi connectivity index (χ0) is 19.8. The number of amides is 1. The summed E-state index contributed by atoms with van der Waals surface area (Å²) in [5.74, 6) is 2.12. The molecule has 0 heterocycles. The fourth-order valence-corrected chi connectivity index (χ4v) is 2.58. The smallest absolute Gasteiger partial charge is 0.261 e. The lowest BCUT2D eigenvalue weighted by Gasteiger charge is -2.22. The molecule has 0 radical (unpaired) electrons. The third-order valence-electron chi connectivity index (χ3n) is 4.22. The van der Waals surface area contributed by atoms with E-state index in [1.54, 1.807) is 7.11 Å². The lowest BCUT2D eigenvalue weighted by Crippen LogP contribution is -2.44. The molecule has 1 amide bonds. The lowest BCUT2D eigenvalue weighted by atomic mass is 10.1. The van der Waals surface area contributed by atoms with Gasteiger partial charge in [-0.3, -0.25) is 4.79 Å². The Balaban J connectivity index is 1.88. The van der Waals surface area contributed by atoms with Crippen LogP contribution in [0.2, 0.25) is 0 Å². The van der Waals surface area contributed by atoms with E-state index in [0.29, 0.717) is 13.0 Å². The van der Waals surface area contributed by atoms with Crippen molar-refractivity contribution in [2.24, 2.45) is 0 Å². The van der Waals surface area contributed by atoms with Crippen molar-refractivity contribution in [2.75, 3.05) is 13.7 Å². The van der Waals surface area contributed by atoms with Crippen LogP contribution in [0.25, 0.3) is 0 Å². The van der Waals surface area contributed by atoms with Crippen LogP contribution in [0.3, 0.4) is 0 Å². The highest BCUT2D eigenvalue weighted by Crippen LogP contribution is 2.21. The van der Waals surface area contributed by atoms with Crippen molar-refractivity contribution in [1.82, 2.24) is 5.32 Å². The third kappa shape index (κ3) is 6.20. The van der Waals surface area contributed by atoms with Crippen LogP contribution in [0.15, 0.2) is 42.5 Å². The first-order chi connectivity index (χ1) is 12.9. The highest BCUT2D eigenvalue weighted by Gasteiger charge is 2.21. The standard InChI is InChI=1S/C22H29NO4/c1-6-20(27-21-13-15(2)7-8-16(21)3)22(24)23-17(4)14-26-19-11-9-18(25-5)10-12-19/h7-13,17,20H,6,14H2,1-5H3,(H,23,24)/t17-,20+/m1/s1. The molecule has 0 unspecified atom stereocenters. The van der Waals surface area contributed by atoms with E-state index < -0.39 is 6.10 Å². The first-order valence-corrected chi connectivity index (χ1v) is 9.24. The summed E-state index contributed by atoms with van der Waals surface area (Å²) in [6.45, 7) is 8.20. The molecular weight excluding hydrogens is 342 g/mol. The number of hydrogen-bond acceptors (Lipinski definition) is 4. The molecule has 0 aromatic heterocycles. The minimum atomic E-state index is -0.533.